The fourth-order valence-electron chi connectivity index (χ4n) is 2.42. The first-order chi connectivity index (χ1) is 12.1. The Bertz CT molecular complexity index is 933. The molecule has 3 rings (SSSR count). The Balaban J connectivity index is 1.87. The van der Waals surface area contributed by atoms with E-state index in [-0.39, 0.29) is 5.56 Å². The van der Waals surface area contributed by atoms with Crippen molar-refractivity contribution < 1.29 is 4.90 Å². The van der Waals surface area contributed by atoms with Crippen LogP contribution in [0.25, 0.3) is 21.3 Å². The van der Waals surface area contributed by atoms with Gasteiger partial charge in [0.1, 0.15) is 11.2 Å². The summed E-state index contributed by atoms with van der Waals surface area (Å²) < 4.78 is 1.33. The molecular weight excluding hydrogens is 354 g/mol. The fraction of sp³-hybridized carbons (Fsp3) is 0.235. The third-order valence-electron chi connectivity index (χ3n) is 3.71. The first-order valence-electron chi connectivity index (χ1n) is 7.94. The van der Waals surface area contributed by atoms with E-state index in [0.717, 1.165) is 29.0 Å². The number of nitrogens with zero attached hydrogens (tertiary/aromatic N) is 2. The predicted octanol–water partition coefficient (Wildman–Crippen LogP) is 0.688. The topological polar surface area (TPSA) is 63.4 Å². The number of nitrogens with one attached hydrogen (secondary N) is 3. The summed E-state index contributed by atoms with van der Waals surface area (Å²) in [7, 11) is 4.14. The van der Waals surface area contributed by atoms with Gasteiger partial charge >= 0.3 is 0 Å². The van der Waals surface area contributed by atoms with E-state index in [1.54, 1.807) is 0 Å². The third-order valence-corrected chi connectivity index (χ3v) is 4.83. The Morgan fingerprint density at radius 1 is 1.32 bits per heavy atom. The van der Waals surface area contributed by atoms with Crippen LogP contribution in [0.3, 0.4) is 0 Å². The number of rotatable bonds is 5. The highest BCUT2D eigenvalue weighted by Gasteiger charge is 2.13. The van der Waals surface area contributed by atoms with Gasteiger partial charge in [-0.15, -0.1) is 11.3 Å². The smallest absolute Gasteiger partial charge is 0.281 e. The maximum atomic E-state index is 12.9. The van der Waals surface area contributed by atoms with Crippen LogP contribution >= 0.6 is 23.6 Å². The van der Waals surface area contributed by atoms with Crippen molar-refractivity contribution in [1.82, 2.24) is 15.0 Å². The van der Waals surface area contributed by atoms with Gasteiger partial charge in [-0.1, -0.05) is 30.3 Å². The van der Waals surface area contributed by atoms with Gasteiger partial charge in [0.05, 0.1) is 32.6 Å². The molecule has 25 heavy (non-hydrogen) atoms. The van der Waals surface area contributed by atoms with E-state index < -0.39 is 0 Å². The lowest BCUT2D eigenvalue weighted by Crippen LogP contribution is -3.06. The van der Waals surface area contributed by atoms with Crippen molar-refractivity contribution in [3.63, 3.8) is 0 Å². The highest BCUT2D eigenvalue weighted by Crippen LogP contribution is 2.30. The van der Waals surface area contributed by atoms with Gasteiger partial charge in [0.25, 0.3) is 5.56 Å². The molecule has 0 amide bonds. The van der Waals surface area contributed by atoms with Crippen LogP contribution in [0.4, 0.5) is 0 Å². The van der Waals surface area contributed by atoms with E-state index in [1.165, 1.54) is 27.2 Å². The van der Waals surface area contributed by atoms with Crippen LogP contribution in [0, 0.1) is 0 Å². The Morgan fingerprint density at radius 3 is 2.80 bits per heavy atom. The summed E-state index contributed by atoms with van der Waals surface area (Å²) in [6.07, 6.45) is 1.47. The standard InChI is InChI=1S/C17H19N5OS2/c1-21(2)9-8-18-17(24)20-22-11-19-15-14(16(22)23)13(10-25-15)12-6-4-3-5-7-12/h3-7,10-11H,8-9H2,1-2H3,(H2,18,20,24)/p+1. The van der Waals surface area contributed by atoms with E-state index in [9.17, 15) is 4.79 Å². The van der Waals surface area contributed by atoms with Gasteiger partial charge in [0.2, 0.25) is 0 Å². The molecule has 0 radical (unpaired) electrons. The van der Waals surface area contributed by atoms with Crippen LogP contribution in [-0.2, 0) is 0 Å². The minimum Gasteiger partial charge on any atom is -0.356 e. The van der Waals surface area contributed by atoms with Crippen molar-refractivity contribution in [3.05, 3.63) is 52.4 Å². The molecule has 0 bridgehead atoms. The van der Waals surface area contributed by atoms with E-state index in [4.69, 9.17) is 12.2 Å². The average Bonchev–Trinajstić information content (AvgIpc) is 3.03. The lowest BCUT2D eigenvalue weighted by molar-refractivity contribution is -0.856. The number of hydrogen-bond acceptors (Lipinski definition) is 4. The molecule has 0 atom stereocenters. The summed E-state index contributed by atoms with van der Waals surface area (Å²) in [5.74, 6) is 0. The number of fused-ring (bicyclic) bond motifs is 1. The minimum absolute atomic E-state index is 0.160. The van der Waals surface area contributed by atoms with Crippen LogP contribution in [-0.4, -0.2) is 42.0 Å². The van der Waals surface area contributed by atoms with Crippen molar-refractivity contribution in [2.24, 2.45) is 0 Å². The molecule has 0 aliphatic rings. The number of thiocarbonyl (C=S) groups is 1. The molecule has 0 saturated heterocycles. The number of likely N-dealkylation sites (N-methyl/N-ethyl adjacent to an activating group) is 1. The number of aromatic nitrogens is 2. The van der Waals surface area contributed by atoms with Gasteiger partial charge in [-0.3, -0.25) is 10.2 Å². The summed E-state index contributed by atoms with van der Waals surface area (Å²) in [5, 5.41) is 6.07. The second-order valence-electron chi connectivity index (χ2n) is 5.94. The molecule has 0 spiro atoms. The molecule has 0 saturated carbocycles. The number of thiophene rings is 1. The normalized spacial score (nSPS) is 11.0. The molecule has 0 aliphatic carbocycles. The van der Waals surface area contributed by atoms with Gasteiger partial charge in [-0.2, -0.15) is 0 Å². The molecular formula is C17H20N5OS2+. The Labute approximate surface area is 155 Å². The summed E-state index contributed by atoms with van der Waals surface area (Å²) >= 11 is 6.72. The van der Waals surface area contributed by atoms with Crippen LogP contribution in [0.1, 0.15) is 0 Å². The lowest BCUT2D eigenvalue weighted by atomic mass is 10.1. The molecule has 8 heteroatoms. The molecule has 3 N–H and O–H groups in total. The molecule has 6 nitrogen and oxygen atoms in total. The minimum atomic E-state index is -0.160. The average molecular weight is 375 g/mol. The van der Waals surface area contributed by atoms with Gasteiger partial charge in [0, 0.05) is 10.9 Å². The highest BCUT2D eigenvalue weighted by molar-refractivity contribution is 7.80. The number of quaternary nitrogens is 1. The van der Waals surface area contributed by atoms with E-state index >= 15 is 0 Å². The van der Waals surface area contributed by atoms with Gasteiger partial charge in [-0.05, 0) is 17.8 Å². The zero-order valence-electron chi connectivity index (χ0n) is 14.1. The molecule has 0 aliphatic heterocycles. The van der Waals surface area contributed by atoms with E-state index in [1.807, 2.05) is 35.7 Å². The molecule has 1 aromatic carbocycles. The monoisotopic (exact) mass is 374 g/mol. The largest absolute Gasteiger partial charge is 0.356 e. The van der Waals surface area contributed by atoms with Crippen LogP contribution in [0.5, 0.6) is 0 Å². The summed E-state index contributed by atoms with van der Waals surface area (Å²) in [6.45, 7) is 1.66. The molecule has 0 unspecified atom stereocenters. The maximum absolute atomic E-state index is 12.9. The second-order valence-corrected chi connectivity index (χ2v) is 7.21. The molecule has 130 valence electrons. The molecule has 0 fully saturated rings. The summed E-state index contributed by atoms with van der Waals surface area (Å²) in [4.78, 5) is 19.3. The lowest BCUT2D eigenvalue weighted by Gasteiger charge is -2.13. The van der Waals surface area contributed by atoms with Crippen molar-refractivity contribution >= 4 is 38.9 Å². The summed E-state index contributed by atoms with van der Waals surface area (Å²) in [6, 6.07) is 9.84. The van der Waals surface area contributed by atoms with Gasteiger partial charge in [-0.25, -0.2) is 9.66 Å². The maximum Gasteiger partial charge on any atom is 0.281 e. The predicted molar refractivity (Wildman–Crippen MR) is 107 cm³/mol. The van der Waals surface area contributed by atoms with Crippen molar-refractivity contribution in [3.8, 4) is 11.1 Å². The zero-order chi connectivity index (χ0) is 17.8. The van der Waals surface area contributed by atoms with Crippen LogP contribution in [0.15, 0.2) is 46.8 Å². The first kappa shape index (κ1) is 17.5. The Morgan fingerprint density at radius 2 is 2.08 bits per heavy atom. The number of hydrogen-bond donors (Lipinski definition) is 3. The quantitative estimate of drug-likeness (QED) is 0.574. The third kappa shape index (κ3) is 4.04. The molecule has 2 heterocycles. The SMILES string of the molecule is C[NH+](C)CCNC(=S)Nn1cnc2scc(-c3ccccc3)c2c1=O. The Kier molecular flexibility index (Phi) is 5.42. The van der Waals surface area contributed by atoms with Crippen molar-refractivity contribution in [2.75, 3.05) is 32.6 Å². The second kappa shape index (κ2) is 7.73. The van der Waals surface area contributed by atoms with Gasteiger partial charge in [0.15, 0.2) is 5.11 Å². The van der Waals surface area contributed by atoms with E-state index in [0.29, 0.717) is 10.5 Å². The van der Waals surface area contributed by atoms with Gasteiger partial charge < -0.3 is 10.2 Å². The first-order valence-corrected chi connectivity index (χ1v) is 9.23. The van der Waals surface area contributed by atoms with Crippen molar-refractivity contribution in [2.45, 2.75) is 0 Å². The molecule has 2 aromatic heterocycles. The summed E-state index contributed by atoms with van der Waals surface area (Å²) in [5.41, 5.74) is 4.64. The Hall–Kier alpha value is -2.29. The van der Waals surface area contributed by atoms with Crippen LogP contribution < -0.4 is 21.2 Å². The zero-order valence-corrected chi connectivity index (χ0v) is 15.7. The fourth-order valence-corrected chi connectivity index (χ4v) is 3.52. The number of benzene rings is 1. The van der Waals surface area contributed by atoms with Crippen molar-refractivity contribution in [1.29, 1.82) is 0 Å². The molecule has 3 aromatic rings. The highest BCUT2D eigenvalue weighted by atomic mass is 32.1. The van der Waals surface area contributed by atoms with E-state index in [2.05, 4.69) is 29.8 Å². The van der Waals surface area contributed by atoms with Crippen LogP contribution in [0.2, 0.25) is 0 Å².